The predicted octanol–water partition coefficient (Wildman–Crippen LogP) is 1.97. The minimum atomic E-state index is -3.83. The zero-order chi connectivity index (χ0) is 16.9. The number of hydrogen-bond acceptors (Lipinski definition) is 4. The van der Waals surface area contributed by atoms with Crippen LogP contribution in [-0.4, -0.2) is 19.4 Å². The van der Waals surface area contributed by atoms with Crippen LogP contribution in [0.1, 0.15) is 29.3 Å². The van der Waals surface area contributed by atoms with Crippen molar-refractivity contribution in [1.82, 2.24) is 10.3 Å². The Morgan fingerprint density at radius 3 is 2.22 bits per heavy atom. The second-order valence-electron chi connectivity index (χ2n) is 5.00. The number of carbonyl (C=O) groups is 1. The largest absolute Gasteiger partial charge is 0.508 e. The number of hydrogen-bond donors (Lipinski definition) is 3. The van der Waals surface area contributed by atoms with Crippen LogP contribution < -0.4 is 10.3 Å². The highest BCUT2D eigenvalue weighted by Crippen LogP contribution is 2.12. The summed E-state index contributed by atoms with van der Waals surface area (Å²) in [6.07, 6.45) is 1.86. The summed E-state index contributed by atoms with van der Waals surface area (Å²) < 4.78 is 24.3. The lowest BCUT2D eigenvalue weighted by molar-refractivity contribution is 0.0945. The summed E-state index contributed by atoms with van der Waals surface area (Å²) in [6, 6.07) is 12.0. The third kappa shape index (κ3) is 4.54. The van der Waals surface area contributed by atoms with E-state index in [-0.39, 0.29) is 16.2 Å². The Kier molecular flexibility index (Phi) is 5.36. The normalized spacial score (nSPS) is 11.2. The van der Waals surface area contributed by atoms with Crippen molar-refractivity contribution in [2.45, 2.75) is 24.7 Å². The molecule has 3 N–H and O–H groups in total. The van der Waals surface area contributed by atoms with E-state index in [9.17, 15) is 13.2 Å². The first-order valence-electron chi connectivity index (χ1n) is 7.12. The van der Waals surface area contributed by atoms with Gasteiger partial charge in [0.1, 0.15) is 5.75 Å². The van der Waals surface area contributed by atoms with Crippen LogP contribution in [0.2, 0.25) is 0 Å². The number of phenols is 1. The molecule has 122 valence electrons. The molecule has 2 aromatic rings. The number of aryl methyl sites for hydroxylation is 1. The monoisotopic (exact) mass is 334 g/mol. The van der Waals surface area contributed by atoms with Gasteiger partial charge in [-0.1, -0.05) is 25.5 Å². The standard InChI is InChI=1S/C16H18N2O4S/c1-2-3-12-4-10-15(11-5-12)23(21,22)18-17-16(20)13-6-8-14(19)9-7-13/h4-11,18-19H,2-3H2,1H3,(H,17,20). The van der Waals surface area contributed by atoms with Gasteiger partial charge in [0.25, 0.3) is 15.9 Å². The molecule has 0 radical (unpaired) electrons. The molecule has 1 amide bonds. The van der Waals surface area contributed by atoms with E-state index in [1.165, 1.54) is 36.4 Å². The smallest absolute Gasteiger partial charge is 0.266 e. The van der Waals surface area contributed by atoms with E-state index in [0.29, 0.717) is 0 Å². The highest BCUT2D eigenvalue weighted by molar-refractivity contribution is 7.89. The Morgan fingerprint density at radius 2 is 1.65 bits per heavy atom. The molecule has 0 aliphatic rings. The number of nitrogens with one attached hydrogen (secondary N) is 2. The number of amides is 1. The fraction of sp³-hybridized carbons (Fsp3) is 0.188. The minimum absolute atomic E-state index is 0.0225. The molecular weight excluding hydrogens is 316 g/mol. The molecule has 0 fully saturated rings. The third-order valence-corrected chi connectivity index (χ3v) is 4.46. The van der Waals surface area contributed by atoms with E-state index in [1.807, 2.05) is 11.8 Å². The molecule has 0 bridgehead atoms. The molecular formula is C16H18N2O4S. The molecule has 0 heterocycles. The average molecular weight is 334 g/mol. The summed E-state index contributed by atoms with van der Waals surface area (Å²) in [5.41, 5.74) is 3.42. The highest BCUT2D eigenvalue weighted by Gasteiger charge is 2.15. The van der Waals surface area contributed by atoms with Crippen LogP contribution in [0.4, 0.5) is 0 Å². The van der Waals surface area contributed by atoms with Gasteiger partial charge in [0.15, 0.2) is 0 Å². The number of aromatic hydroxyl groups is 1. The molecule has 0 unspecified atom stereocenters. The van der Waals surface area contributed by atoms with E-state index in [4.69, 9.17) is 5.11 Å². The van der Waals surface area contributed by atoms with Gasteiger partial charge in [-0.15, -0.1) is 4.83 Å². The lowest BCUT2D eigenvalue weighted by Gasteiger charge is -2.09. The van der Waals surface area contributed by atoms with Crippen LogP contribution in [-0.2, 0) is 16.4 Å². The van der Waals surface area contributed by atoms with Crippen molar-refractivity contribution in [1.29, 1.82) is 0 Å². The zero-order valence-corrected chi connectivity index (χ0v) is 13.4. The summed E-state index contributed by atoms with van der Waals surface area (Å²) in [4.78, 5) is 14.0. The number of benzene rings is 2. The van der Waals surface area contributed by atoms with Gasteiger partial charge >= 0.3 is 0 Å². The maximum absolute atomic E-state index is 12.1. The molecule has 7 heteroatoms. The van der Waals surface area contributed by atoms with Crippen LogP contribution in [0.3, 0.4) is 0 Å². The summed E-state index contributed by atoms with van der Waals surface area (Å²) in [5, 5.41) is 9.16. The summed E-state index contributed by atoms with van der Waals surface area (Å²) in [6.45, 7) is 2.05. The SMILES string of the molecule is CCCc1ccc(S(=O)(=O)NNC(=O)c2ccc(O)cc2)cc1. The molecule has 0 atom stereocenters. The fourth-order valence-corrected chi connectivity index (χ4v) is 2.82. The maximum atomic E-state index is 12.1. The Morgan fingerprint density at radius 1 is 1.04 bits per heavy atom. The first-order chi connectivity index (χ1) is 10.9. The Bertz CT molecular complexity index is 769. The predicted molar refractivity (Wildman–Crippen MR) is 86.3 cm³/mol. The maximum Gasteiger partial charge on any atom is 0.266 e. The summed E-state index contributed by atoms with van der Waals surface area (Å²) >= 11 is 0. The van der Waals surface area contributed by atoms with Crippen molar-refractivity contribution in [2.24, 2.45) is 0 Å². The Balaban J connectivity index is 2.03. The van der Waals surface area contributed by atoms with Crippen molar-refractivity contribution < 1.29 is 18.3 Å². The summed E-state index contributed by atoms with van der Waals surface area (Å²) in [5.74, 6) is -0.592. The van der Waals surface area contributed by atoms with Crippen molar-refractivity contribution in [3.63, 3.8) is 0 Å². The van der Waals surface area contributed by atoms with Gasteiger partial charge in [0.05, 0.1) is 4.90 Å². The van der Waals surface area contributed by atoms with Crippen LogP contribution >= 0.6 is 0 Å². The first kappa shape index (κ1) is 17.0. The molecule has 0 saturated heterocycles. The topological polar surface area (TPSA) is 95.5 Å². The van der Waals surface area contributed by atoms with Crippen molar-refractivity contribution >= 4 is 15.9 Å². The van der Waals surface area contributed by atoms with Crippen LogP contribution in [0.15, 0.2) is 53.4 Å². The molecule has 0 spiro atoms. The molecule has 23 heavy (non-hydrogen) atoms. The average Bonchev–Trinajstić information content (AvgIpc) is 2.54. The molecule has 2 aromatic carbocycles. The van der Waals surface area contributed by atoms with E-state index in [2.05, 4.69) is 5.43 Å². The zero-order valence-electron chi connectivity index (χ0n) is 12.6. The number of sulfonamides is 1. The second kappa shape index (κ2) is 7.26. The fourth-order valence-electron chi connectivity index (χ4n) is 1.98. The molecule has 6 nitrogen and oxygen atoms in total. The third-order valence-electron chi connectivity index (χ3n) is 3.20. The van der Waals surface area contributed by atoms with E-state index < -0.39 is 15.9 Å². The quantitative estimate of drug-likeness (QED) is 0.704. The van der Waals surface area contributed by atoms with Gasteiger partial charge in [-0.3, -0.25) is 10.2 Å². The van der Waals surface area contributed by atoms with E-state index in [1.54, 1.807) is 12.1 Å². The van der Waals surface area contributed by atoms with Gasteiger partial charge in [0.2, 0.25) is 0 Å². The number of hydrazine groups is 1. The van der Waals surface area contributed by atoms with Gasteiger partial charge in [-0.05, 0) is 48.4 Å². The van der Waals surface area contributed by atoms with Crippen molar-refractivity contribution in [3.05, 3.63) is 59.7 Å². The minimum Gasteiger partial charge on any atom is -0.508 e. The molecule has 0 saturated carbocycles. The Hall–Kier alpha value is -2.38. The molecule has 0 aliphatic heterocycles. The first-order valence-corrected chi connectivity index (χ1v) is 8.61. The molecule has 0 aromatic heterocycles. The van der Waals surface area contributed by atoms with Gasteiger partial charge in [-0.2, -0.15) is 0 Å². The van der Waals surface area contributed by atoms with E-state index >= 15 is 0 Å². The number of phenolic OH excluding ortho intramolecular Hbond substituents is 1. The van der Waals surface area contributed by atoms with E-state index in [0.717, 1.165) is 18.4 Å². The molecule has 2 rings (SSSR count). The number of rotatable bonds is 6. The summed E-state index contributed by atoms with van der Waals surface area (Å²) in [7, 11) is -3.83. The van der Waals surface area contributed by atoms with Gasteiger partial charge in [0, 0.05) is 5.56 Å². The van der Waals surface area contributed by atoms with Crippen molar-refractivity contribution in [3.8, 4) is 5.75 Å². The van der Waals surface area contributed by atoms with Crippen LogP contribution in [0, 0.1) is 0 Å². The second-order valence-corrected chi connectivity index (χ2v) is 6.68. The van der Waals surface area contributed by atoms with Gasteiger partial charge in [-0.25, -0.2) is 8.42 Å². The highest BCUT2D eigenvalue weighted by atomic mass is 32.2. The van der Waals surface area contributed by atoms with Gasteiger partial charge < -0.3 is 5.11 Å². The van der Waals surface area contributed by atoms with Crippen LogP contribution in [0.5, 0.6) is 5.75 Å². The van der Waals surface area contributed by atoms with Crippen LogP contribution in [0.25, 0.3) is 0 Å². The Labute approximate surface area is 135 Å². The lowest BCUT2D eigenvalue weighted by atomic mass is 10.1. The molecule has 0 aliphatic carbocycles. The lowest BCUT2D eigenvalue weighted by Crippen LogP contribution is -2.41. The van der Waals surface area contributed by atoms with Crippen molar-refractivity contribution in [2.75, 3.05) is 0 Å². The number of carbonyl (C=O) groups excluding carboxylic acids is 1.